The van der Waals surface area contributed by atoms with Crippen molar-refractivity contribution in [3.8, 4) is 0 Å². The van der Waals surface area contributed by atoms with E-state index in [1.54, 1.807) is 0 Å². The fourth-order valence-electron chi connectivity index (χ4n) is 1.65. The molecular formula is C13H9ClF3NOS. The number of rotatable bonds is 3. The molecule has 20 heavy (non-hydrogen) atoms. The van der Waals surface area contributed by atoms with Crippen molar-refractivity contribution in [2.24, 2.45) is 0 Å². The quantitative estimate of drug-likeness (QED) is 0.878. The summed E-state index contributed by atoms with van der Waals surface area (Å²) in [7, 11) is -1.97. The minimum Gasteiger partial charge on any atom is -0.399 e. The van der Waals surface area contributed by atoms with Crippen LogP contribution in [-0.2, 0) is 16.6 Å². The number of anilines is 1. The Labute approximate surface area is 120 Å². The molecule has 0 radical (unpaired) electrons. The molecular weight excluding hydrogens is 311 g/mol. The monoisotopic (exact) mass is 319 g/mol. The predicted octanol–water partition coefficient (Wildman–Crippen LogP) is 3.65. The highest BCUT2D eigenvalue weighted by Gasteiger charge is 2.17. The third-order valence-electron chi connectivity index (χ3n) is 2.53. The lowest BCUT2D eigenvalue weighted by Gasteiger charge is -2.07. The second-order valence-corrected chi connectivity index (χ2v) is 5.85. The second kappa shape index (κ2) is 5.85. The Morgan fingerprint density at radius 3 is 2.20 bits per heavy atom. The Morgan fingerprint density at radius 2 is 1.65 bits per heavy atom. The van der Waals surface area contributed by atoms with Crippen molar-refractivity contribution in [3.63, 3.8) is 0 Å². The van der Waals surface area contributed by atoms with E-state index in [0.29, 0.717) is 5.56 Å². The van der Waals surface area contributed by atoms with Gasteiger partial charge in [-0.05, 0) is 29.8 Å². The van der Waals surface area contributed by atoms with E-state index in [-0.39, 0.29) is 16.5 Å². The van der Waals surface area contributed by atoms with Gasteiger partial charge in [-0.2, -0.15) is 0 Å². The molecule has 106 valence electrons. The first-order valence-corrected chi connectivity index (χ1v) is 7.15. The van der Waals surface area contributed by atoms with Gasteiger partial charge in [0.15, 0.2) is 0 Å². The summed E-state index contributed by atoms with van der Waals surface area (Å²) in [5.41, 5.74) is 5.60. The largest absolute Gasteiger partial charge is 0.399 e. The van der Waals surface area contributed by atoms with Crippen molar-refractivity contribution < 1.29 is 17.4 Å². The van der Waals surface area contributed by atoms with Crippen LogP contribution in [-0.4, -0.2) is 4.21 Å². The molecule has 0 amide bonds. The van der Waals surface area contributed by atoms with Gasteiger partial charge in [0.1, 0.15) is 22.3 Å². The maximum absolute atomic E-state index is 13.6. The summed E-state index contributed by atoms with van der Waals surface area (Å²) in [5.74, 6) is -2.76. The zero-order chi connectivity index (χ0) is 14.9. The highest BCUT2D eigenvalue weighted by atomic mass is 35.5. The predicted molar refractivity (Wildman–Crippen MR) is 72.3 cm³/mol. The molecule has 0 spiro atoms. The average molecular weight is 320 g/mol. The van der Waals surface area contributed by atoms with Crippen LogP contribution < -0.4 is 5.73 Å². The molecule has 1 unspecified atom stereocenters. The van der Waals surface area contributed by atoms with Crippen LogP contribution >= 0.6 is 11.6 Å². The highest BCUT2D eigenvalue weighted by Crippen LogP contribution is 2.24. The molecule has 7 heteroatoms. The van der Waals surface area contributed by atoms with Crippen molar-refractivity contribution >= 4 is 28.1 Å². The molecule has 0 saturated carbocycles. The van der Waals surface area contributed by atoms with Crippen LogP contribution in [0.5, 0.6) is 0 Å². The lowest BCUT2D eigenvalue weighted by atomic mass is 10.2. The van der Waals surface area contributed by atoms with E-state index in [4.69, 9.17) is 17.3 Å². The Morgan fingerprint density at radius 1 is 1.05 bits per heavy atom. The average Bonchev–Trinajstić information content (AvgIpc) is 2.32. The molecule has 0 aromatic heterocycles. The van der Waals surface area contributed by atoms with E-state index in [1.807, 2.05) is 0 Å². The summed E-state index contributed by atoms with van der Waals surface area (Å²) < 4.78 is 52.2. The van der Waals surface area contributed by atoms with Crippen LogP contribution in [0.4, 0.5) is 18.9 Å². The van der Waals surface area contributed by atoms with Crippen LogP contribution in [0.1, 0.15) is 5.56 Å². The maximum Gasteiger partial charge on any atom is 0.144 e. The Kier molecular flexibility index (Phi) is 4.35. The van der Waals surface area contributed by atoms with Gasteiger partial charge in [-0.25, -0.2) is 13.2 Å². The van der Waals surface area contributed by atoms with E-state index in [2.05, 4.69) is 0 Å². The first-order valence-electron chi connectivity index (χ1n) is 5.45. The summed E-state index contributed by atoms with van der Waals surface area (Å²) >= 11 is 5.59. The molecule has 2 aromatic rings. The zero-order valence-corrected chi connectivity index (χ0v) is 11.6. The summed E-state index contributed by atoms with van der Waals surface area (Å²) in [4.78, 5) is -0.556. The minimum atomic E-state index is -1.97. The Bertz CT molecular complexity index is 670. The van der Waals surface area contributed by atoms with Crippen LogP contribution in [0.15, 0.2) is 35.2 Å². The smallest absolute Gasteiger partial charge is 0.144 e. The molecule has 0 heterocycles. The maximum atomic E-state index is 13.6. The molecule has 0 aliphatic carbocycles. The summed E-state index contributed by atoms with van der Waals surface area (Å²) in [6, 6.07) is 5.51. The van der Waals surface area contributed by atoms with Crippen LogP contribution in [0.25, 0.3) is 0 Å². The van der Waals surface area contributed by atoms with Crippen molar-refractivity contribution in [2.75, 3.05) is 5.73 Å². The zero-order valence-electron chi connectivity index (χ0n) is 10.00. The highest BCUT2D eigenvalue weighted by molar-refractivity contribution is 7.84. The van der Waals surface area contributed by atoms with Gasteiger partial charge in [0.2, 0.25) is 0 Å². The topological polar surface area (TPSA) is 43.1 Å². The van der Waals surface area contributed by atoms with Crippen LogP contribution in [0.3, 0.4) is 0 Å². The minimum absolute atomic E-state index is 0.0921. The number of benzene rings is 2. The lowest BCUT2D eigenvalue weighted by Crippen LogP contribution is -2.04. The lowest BCUT2D eigenvalue weighted by molar-refractivity contribution is 0.535. The number of hydrogen-bond donors (Lipinski definition) is 1. The van der Waals surface area contributed by atoms with E-state index in [1.165, 1.54) is 12.1 Å². The van der Waals surface area contributed by atoms with Gasteiger partial charge in [-0.1, -0.05) is 17.7 Å². The fraction of sp³-hybridized carbons (Fsp3) is 0.0769. The molecule has 1 atom stereocenters. The van der Waals surface area contributed by atoms with Gasteiger partial charge in [-0.3, -0.25) is 4.21 Å². The van der Waals surface area contributed by atoms with Crippen LogP contribution in [0.2, 0.25) is 5.02 Å². The SMILES string of the molecule is Nc1cc(F)c(S(=O)Cc2ccc(F)c(Cl)c2)c(F)c1. The molecule has 2 aromatic carbocycles. The second-order valence-electron chi connectivity index (χ2n) is 4.05. The molecule has 0 fully saturated rings. The van der Waals surface area contributed by atoms with Gasteiger partial charge in [0.05, 0.1) is 21.6 Å². The van der Waals surface area contributed by atoms with Crippen molar-refractivity contribution in [2.45, 2.75) is 10.6 Å². The Balaban J connectivity index is 2.31. The summed E-state index contributed by atoms with van der Waals surface area (Å²) in [5, 5.41) is -0.141. The van der Waals surface area contributed by atoms with Gasteiger partial charge in [0.25, 0.3) is 0 Å². The first kappa shape index (κ1) is 14.9. The summed E-state index contributed by atoms with van der Waals surface area (Å²) in [6.07, 6.45) is 0. The van der Waals surface area contributed by atoms with E-state index >= 15 is 0 Å². The van der Waals surface area contributed by atoms with Gasteiger partial charge >= 0.3 is 0 Å². The molecule has 2 N–H and O–H groups in total. The van der Waals surface area contributed by atoms with Crippen molar-refractivity contribution in [1.29, 1.82) is 0 Å². The normalized spacial score (nSPS) is 12.4. The molecule has 0 saturated heterocycles. The number of halogens is 4. The standard InChI is InChI=1S/C13H9ClF3NOS/c14-9-3-7(1-2-10(9)15)6-20(19)13-11(16)4-8(18)5-12(13)17/h1-5H,6,18H2. The molecule has 2 nitrogen and oxygen atoms in total. The molecule has 2 rings (SSSR count). The third-order valence-corrected chi connectivity index (χ3v) is 4.26. The fourth-order valence-corrected chi connectivity index (χ4v) is 3.03. The van der Waals surface area contributed by atoms with Gasteiger partial charge in [-0.15, -0.1) is 0 Å². The van der Waals surface area contributed by atoms with Gasteiger partial charge < -0.3 is 5.73 Å². The van der Waals surface area contributed by atoms with Crippen molar-refractivity contribution in [3.05, 3.63) is 58.4 Å². The first-order chi connectivity index (χ1) is 9.38. The van der Waals surface area contributed by atoms with Gasteiger partial charge in [0, 0.05) is 5.69 Å². The molecule has 0 aliphatic heterocycles. The van der Waals surface area contributed by atoms with Crippen LogP contribution in [0, 0.1) is 17.5 Å². The molecule has 0 aliphatic rings. The van der Waals surface area contributed by atoms with E-state index in [0.717, 1.165) is 18.2 Å². The van der Waals surface area contributed by atoms with Crippen molar-refractivity contribution in [1.82, 2.24) is 0 Å². The Hall–Kier alpha value is -1.53. The number of hydrogen-bond acceptors (Lipinski definition) is 2. The third kappa shape index (κ3) is 3.13. The molecule has 0 bridgehead atoms. The van der Waals surface area contributed by atoms with E-state index in [9.17, 15) is 17.4 Å². The van der Waals surface area contributed by atoms with E-state index < -0.39 is 33.1 Å². The number of nitrogen functional groups attached to an aromatic ring is 1. The number of nitrogens with two attached hydrogens (primary N) is 1. The summed E-state index contributed by atoms with van der Waals surface area (Å²) in [6.45, 7) is 0.